The Morgan fingerprint density at radius 2 is 2.24 bits per heavy atom. The van der Waals surface area contributed by atoms with Gasteiger partial charge >= 0.3 is 0 Å². The zero-order chi connectivity index (χ0) is 12.3. The number of aliphatic hydroxyl groups is 1. The number of hydrogen-bond acceptors (Lipinski definition) is 3. The summed E-state index contributed by atoms with van der Waals surface area (Å²) in [6.07, 6.45) is 3.14. The summed E-state index contributed by atoms with van der Waals surface area (Å²) >= 11 is 5.57. The summed E-state index contributed by atoms with van der Waals surface area (Å²) in [6.45, 7) is 2.48. The average molecular weight is 251 g/mol. The molecular weight excluding hydrogens is 236 g/mol. The second-order valence-electron chi connectivity index (χ2n) is 4.05. The summed E-state index contributed by atoms with van der Waals surface area (Å²) < 4.78 is 0. The molecule has 0 spiro atoms. The van der Waals surface area contributed by atoms with Crippen molar-refractivity contribution in [2.24, 2.45) is 0 Å². The maximum atomic E-state index is 9.45. The molecule has 1 aromatic carbocycles. The second kappa shape index (κ2) is 5.34. The third-order valence-electron chi connectivity index (χ3n) is 2.68. The molecule has 0 saturated carbocycles. The van der Waals surface area contributed by atoms with Gasteiger partial charge in [0.1, 0.15) is 0 Å². The fourth-order valence-electron chi connectivity index (χ4n) is 1.84. The zero-order valence-electron chi connectivity index (χ0n) is 9.65. The van der Waals surface area contributed by atoms with E-state index >= 15 is 0 Å². The van der Waals surface area contributed by atoms with E-state index < -0.39 is 6.10 Å². The molecule has 0 amide bonds. The first-order valence-corrected chi connectivity index (χ1v) is 6.07. The number of aromatic nitrogens is 1. The molecule has 2 aromatic rings. The van der Waals surface area contributed by atoms with Crippen molar-refractivity contribution in [2.75, 3.05) is 17.7 Å². The highest BCUT2D eigenvalue weighted by Gasteiger charge is 2.06. The van der Waals surface area contributed by atoms with Crippen LogP contribution in [0.4, 0.5) is 5.69 Å². The number of nitrogens with zero attached hydrogens (tertiary/aromatic N) is 1. The van der Waals surface area contributed by atoms with Gasteiger partial charge in [-0.05, 0) is 18.6 Å². The van der Waals surface area contributed by atoms with Crippen molar-refractivity contribution in [3.8, 4) is 0 Å². The molecule has 4 heteroatoms. The number of hydrogen-bond donors (Lipinski definition) is 2. The van der Waals surface area contributed by atoms with E-state index in [4.69, 9.17) is 11.6 Å². The first-order chi connectivity index (χ1) is 8.22. The van der Waals surface area contributed by atoms with E-state index in [-0.39, 0.29) is 5.88 Å². The van der Waals surface area contributed by atoms with Crippen molar-refractivity contribution in [2.45, 2.75) is 13.0 Å². The molecule has 0 saturated heterocycles. The van der Waals surface area contributed by atoms with E-state index in [1.165, 1.54) is 0 Å². The van der Waals surface area contributed by atoms with Gasteiger partial charge in [-0.2, -0.15) is 0 Å². The summed E-state index contributed by atoms with van der Waals surface area (Å²) in [5, 5.41) is 14.9. The number of fused-ring (bicyclic) bond motifs is 1. The van der Waals surface area contributed by atoms with E-state index in [2.05, 4.69) is 10.3 Å². The quantitative estimate of drug-likeness (QED) is 0.820. The van der Waals surface area contributed by atoms with Crippen molar-refractivity contribution in [3.63, 3.8) is 0 Å². The first kappa shape index (κ1) is 12.1. The molecule has 0 aliphatic heterocycles. The number of anilines is 1. The topological polar surface area (TPSA) is 45.2 Å². The number of alkyl halides is 1. The Kier molecular flexibility index (Phi) is 3.82. The molecule has 0 fully saturated rings. The van der Waals surface area contributed by atoms with Gasteiger partial charge in [-0.3, -0.25) is 4.98 Å². The molecule has 0 aliphatic rings. The summed E-state index contributed by atoms with van der Waals surface area (Å²) in [7, 11) is 0. The van der Waals surface area contributed by atoms with Gasteiger partial charge < -0.3 is 10.4 Å². The predicted molar refractivity (Wildman–Crippen MR) is 71.7 cm³/mol. The normalized spacial score (nSPS) is 12.6. The number of rotatable bonds is 4. The lowest BCUT2D eigenvalue weighted by Gasteiger charge is -2.13. The van der Waals surface area contributed by atoms with Crippen molar-refractivity contribution in [1.29, 1.82) is 0 Å². The highest BCUT2D eigenvalue weighted by atomic mass is 35.5. The highest BCUT2D eigenvalue weighted by molar-refractivity contribution is 6.18. The second-order valence-corrected chi connectivity index (χ2v) is 4.36. The summed E-state index contributed by atoms with van der Waals surface area (Å²) in [6, 6.07) is 5.99. The lowest BCUT2D eigenvalue weighted by Crippen LogP contribution is -2.20. The molecule has 1 unspecified atom stereocenters. The minimum Gasteiger partial charge on any atom is -0.390 e. The Labute approximate surface area is 105 Å². The maximum absolute atomic E-state index is 9.45. The van der Waals surface area contributed by atoms with Crippen LogP contribution in [0.25, 0.3) is 10.8 Å². The van der Waals surface area contributed by atoms with E-state index in [0.29, 0.717) is 6.54 Å². The molecule has 1 atom stereocenters. The largest absolute Gasteiger partial charge is 0.390 e. The van der Waals surface area contributed by atoms with Crippen LogP contribution < -0.4 is 5.32 Å². The molecule has 17 heavy (non-hydrogen) atoms. The minimum absolute atomic E-state index is 0.234. The smallest absolute Gasteiger partial charge is 0.0847 e. The molecule has 1 aromatic heterocycles. The van der Waals surface area contributed by atoms with Crippen molar-refractivity contribution in [3.05, 3.63) is 36.2 Å². The van der Waals surface area contributed by atoms with Gasteiger partial charge in [0.25, 0.3) is 0 Å². The lowest BCUT2D eigenvalue weighted by atomic mass is 10.1. The number of benzene rings is 1. The van der Waals surface area contributed by atoms with E-state index in [9.17, 15) is 5.11 Å². The van der Waals surface area contributed by atoms with Crippen LogP contribution in [0.2, 0.25) is 0 Å². The van der Waals surface area contributed by atoms with Crippen LogP contribution in [0.5, 0.6) is 0 Å². The van der Waals surface area contributed by atoms with Gasteiger partial charge in [0.2, 0.25) is 0 Å². The molecule has 0 radical (unpaired) electrons. The van der Waals surface area contributed by atoms with Crippen molar-refractivity contribution in [1.82, 2.24) is 4.98 Å². The first-order valence-electron chi connectivity index (χ1n) is 5.53. The molecule has 1 heterocycles. The van der Waals surface area contributed by atoms with Crippen molar-refractivity contribution >= 4 is 28.1 Å². The number of nitrogens with one attached hydrogen (secondary N) is 1. The van der Waals surface area contributed by atoms with Crippen LogP contribution in [-0.2, 0) is 0 Å². The summed E-state index contributed by atoms with van der Waals surface area (Å²) in [4.78, 5) is 4.17. The molecule has 90 valence electrons. The van der Waals surface area contributed by atoms with E-state index in [1.807, 2.05) is 37.5 Å². The van der Waals surface area contributed by atoms with Crippen LogP contribution in [-0.4, -0.2) is 28.6 Å². The number of halogens is 1. The van der Waals surface area contributed by atoms with Crippen LogP contribution in [0.1, 0.15) is 5.56 Å². The highest BCUT2D eigenvalue weighted by Crippen LogP contribution is 2.25. The molecule has 0 aliphatic carbocycles. The SMILES string of the molecule is Cc1cncc2cccc(NCC(O)CCl)c12. The van der Waals surface area contributed by atoms with Crippen molar-refractivity contribution < 1.29 is 5.11 Å². The van der Waals surface area contributed by atoms with E-state index in [1.54, 1.807) is 0 Å². The minimum atomic E-state index is -0.533. The van der Waals surface area contributed by atoms with Crippen LogP contribution in [0, 0.1) is 6.92 Å². The van der Waals surface area contributed by atoms with Gasteiger partial charge in [-0.1, -0.05) is 12.1 Å². The number of pyridine rings is 1. The van der Waals surface area contributed by atoms with Gasteiger partial charge in [0, 0.05) is 35.4 Å². The fourth-order valence-corrected chi connectivity index (χ4v) is 1.95. The van der Waals surface area contributed by atoms with Gasteiger partial charge in [-0.25, -0.2) is 0 Å². The van der Waals surface area contributed by atoms with E-state index in [0.717, 1.165) is 22.0 Å². The maximum Gasteiger partial charge on any atom is 0.0847 e. The molecule has 2 N–H and O–H groups in total. The predicted octanol–water partition coefficient (Wildman–Crippen LogP) is 2.55. The number of aryl methyl sites for hydroxylation is 1. The summed E-state index contributed by atoms with van der Waals surface area (Å²) in [5.74, 6) is 0.234. The Morgan fingerprint density at radius 1 is 1.41 bits per heavy atom. The Morgan fingerprint density at radius 3 is 3.00 bits per heavy atom. The molecule has 0 bridgehead atoms. The van der Waals surface area contributed by atoms with Gasteiger partial charge in [0.05, 0.1) is 12.0 Å². The molecular formula is C13H15ClN2O. The summed E-state index contributed by atoms with van der Waals surface area (Å²) in [5.41, 5.74) is 2.12. The standard InChI is InChI=1S/C13H15ClN2O/c1-9-6-15-7-10-3-2-4-12(13(9)10)16-8-11(17)5-14/h2-4,6-7,11,16-17H,5,8H2,1H3. The number of aliphatic hydroxyl groups excluding tert-OH is 1. The third-order valence-corrected chi connectivity index (χ3v) is 3.04. The third kappa shape index (κ3) is 2.68. The van der Waals surface area contributed by atoms with Crippen LogP contribution >= 0.6 is 11.6 Å². The Bertz CT molecular complexity index is 510. The van der Waals surface area contributed by atoms with Crippen LogP contribution in [0.15, 0.2) is 30.6 Å². The Hall–Kier alpha value is -1.32. The van der Waals surface area contributed by atoms with Crippen LogP contribution in [0.3, 0.4) is 0 Å². The molecule has 3 nitrogen and oxygen atoms in total. The fraction of sp³-hybridized carbons (Fsp3) is 0.308. The average Bonchev–Trinajstić information content (AvgIpc) is 2.36. The lowest BCUT2D eigenvalue weighted by molar-refractivity contribution is 0.211. The molecule has 2 rings (SSSR count). The zero-order valence-corrected chi connectivity index (χ0v) is 10.4. The Balaban J connectivity index is 2.33. The monoisotopic (exact) mass is 250 g/mol. The van der Waals surface area contributed by atoms with Gasteiger partial charge in [-0.15, -0.1) is 11.6 Å². The van der Waals surface area contributed by atoms with Gasteiger partial charge in [0.15, 0.2) is 0 Å².